The van der Waals surface area contributed by atoms with Gasteiger partial charge >= 0.3 is 16.6 Å². The molecule has 3 rings (SSSR count). The molecule has 0 atom stereocenters. The van der Waals surface area contributed by atoms with Crippen molar-refractivity contribution >= 4 is 16.6 Å². The van der Waals surface area contributed by atoms with Crippen molar-refractivity contribution < 1.29 is 31.5 Å². The van der Waals surface area contributed by atoms with E-state index in [0.717, 1.165) is 0 Å². The van der Waals surface area contributed by atoms with Crippen LogP contribution < -0.4 is 9.47 Å². The average molecular weight is 429 g/mol. The fraction of sp³-hybridized carbons (Fsp3) is 0.500. The Kier molecular flexibility index (Phi) is 6.15. The highest BCUT2D eigenvalue weighted by atomic mass is 32.2. The van der Waals surface area contributed by atoms with E-state index in [-0.39, 0.29) is 36.1 Å². The van der Waals surface area contributed by atoms with Crippen molar-refractivity contribution in [1.29, 1.82) is 0 Å². The highest BCUT2D eigenvalue weighted by Crippen LogP contribution is 2.36. The molecule has 2 aromatic rings. The van der Waals surface area contributed by atoms with Gasteiger partial charge < -0.3 is 9.47 Å². The second-order valence-corrected chi connectivity index (χ2v) is 7.13. The number of aromatic nitrogens is 4. The Morgan fingerprint density at radius 3 is 2.69 bits per heavy atom. The molecule has 1 saturated carbocycles. The minimum atomic E-state index is -2.93. The van der Waals surface area contributed by atoms with Gasteiger partial charge in [-0.25, -0.2) is 13.6 Å². The van der Waals surface area contributed by atoms with Crippen LogP contribution >= 0.6 is 0 Å². The Bertz CT molecular complexity index is 1020. The summed E-state index contributed by atoms with van der Waals surface area (Å²) in [6.07, 6.45) is -0.786. The lowest BCUT2D eigenvalue weighted by molar-refractivity contribution is -0.0480. The van der Waals surface area contributed by atoms with E-state index >= 15 is 0 Å². The molecule has 1 heterocycles. The number of methoxy groups -OCH3 is 1. The molecular weight excluding hydrogens is 412 g/mol. The van der Waals surface area contributed by atoms with Gasteiger partial charge in [-0.05, 0) is 42.2 Å². The number of hydrogen-bond donors (Lipinski definition) is 0. The number of amides is 1. The zero-order valence-corrected chi connectivity index (χ0v) is 16.1. The predicted molar refractivity (Wildman–Crippen MR) is 94.1 cm³/mol. The van der Waals surface area contributed by atoms with Crippen LogP contribution in [0.1, 0.15) is 25.7 Å². The molecule has 156 valence electrons. The number of benzene rings is 1. The van der Waals surface area contributed by atoms with Crippen molar-refractivity contribution in [2.75, 3.05) is 7.11 Å². The van der Waals surface area contributed by atoms with E-state index < -0.39 is 22.5 Å². The van der Waals surface area contributed by atoms with Crippen molar-refractivity contribution in [1.82, 2.24) is 20.2 Å². The van der Waals surface area contributed by atoms with Gasteiger partial charge in [0, 0.05) is 18.4 Å². The maximum Gasteiger partial charge on any atom is 0.454 e. The molecule has 0 bridgehead atoms. The minimum Gasteiger partial charge on any atom is -0.493 e. The summed E-state index contributed by atoms with van der Waals surface area (Å²) in [6.45, 7) is 0.393. The number of carbonyl (C=O) groups excluding carboxylic acids is 1. The van der Waals surface area contributed by atoms with Crippen LogP contribution in [0.3, 0.4) is 0 Å². The molecule has 1 aromatic heterocycles. The molecule has 10 nitrogen and oxygen atoms in total. The fourth-order valence-electron chi connectivity index (χ4n) is 3.01. The molecule has 1 fully saturated rings. The van der Waals surface area contributed by atoms with Crippen molar-refractivity contribution in [3.63, 3.8) is 0 Å². The molecule has 13 heteroatoms. The molecule has 0 unspecified atom stereocenters. The number of hydrogen-bond acceptors (Lipinski definition) is 8. The van der Waals surface area contributed by atoms with Gasteiger partial charge in [-0.2, -0.15) is 13.2 Å². The van der Waals surface area contributed by atoms with Gasteiger partial charge in [-0.15, -0.1) is 10.2 Å². The summed E-state index contributed by atoms with van der Waals surface area (Å²) in [5.41, 5.74) is 0.507. The van der Waals surface area contributed by atoms with Crippen LogP contribution in [0.25, 0.3) is 11.4 Å². The highest BCUT2D eigenvalue weighted by Gasteiger charge is 2.35. The Balaban J connectivity index is 1.71. The topological polar surface area (TPSA) is 126 Å². The normalized spacial score (nSPS) is 16.2. The third-order valence-corrected chi connectivity index (χ3v) is 4.78. The van der Waals surface area contributed by atoms with E-state index in [0.29, 0.717) is 24.9 Å². The molecule has 1 aliphatic carbocycles. The van der Waals surface area contributed by atoms with Crippen LogP contribution in [0.15, 0.2) is 22.6 Å². The van der Waals surface area contributed by atoms with E-state index in [4.69, 9.17) is 9.47 Å². The molecule has 0 saturated heterocycles. The fourth-order valence-corrected chi connectivity index (χ4v) is 3.17. The van der Waals surface area contributed by atoms with Crippen LogP contribution in [0, 0.1) is 5.92 Å². The maximum atomic E-state index is 13.3. The van der Waals surface area contributed by atoms with Crippen molar-refractivity contribution in [2.45, 2.75) is 38.2 Å². The van der Waals surface area contributed by atoms with Crippen LogP contribution in [0.4, 0.5) is 13.6 Å². The van der Waals surface area contributed by atoms with Crippen LogP contribution in [-0.2, 0) is 17.0 Å². The lowest BCUT2D eigenvalue weighted by atomic mass is 9.87. The first-order chi connectivity index (χ1) is 13.8. The number of ether oxygens (including phenoxy) is 2. The summed E-state index contributed by atoms with van der Waals surface area (Å²) < 4.78 is 60.0. The highest BCUT2D eigenvalue weighted by molar-refractivity contribution is 7.62. The molecule has 29 heavy (non-hydrogen) atoms. The smallest absolute Gasteiger partial charge is 0.454 e. The monoisotopic (exact) mass is 429 g/mol. The predicted octanol–water partition coefficient (Wildman–Crippen LogP) is 2.74. The molecule has 1 aromatic carbocycles. The third kappa shape index (κ3) is 5.53. The quantitative estimate of drug-likeness (QED) is 0.710. The lowest BCUT2D eigenvalue weighted by Crippen LogP contribution is -2.27. The Morgan fingerprint density at radius 2 is 2.03 bits per heavy atom. The van der Waals surface area contributed by atoms with Crippen molar-refractivity contribution in [3.05, 3.63) is 18.2 Å². The standard InChI is InChI=1S/C16H17F2N5O5S/c1-27-13-8-11(2-3-12(13)28-15(24)21-29(25)26)14-19-22-23(20-14)9-10-4-6-16(17,18)7-5-10/h2-3,8,10H,4-7,9H2,1H3. The molecule has 0 aliphatic heterocycles. The van der Waals surface area contributed by atoms with Crippen molar-refractivity contribution in [3.8, 4) is 22.9 Å². The van der Waals surface area contributed by atoms with Gasteiger partial charge in [0.25, 0.3) is 0 Å². The molecule has 0 spiro atoms. The van der Waals surface area contributed by atoms with Gasteiger partial charge in [0.15, 0.2) is 11.5 Å². The first kappa shape index (κ1) is 20.8. The third-order valence-electron chi connectivity index (χ3n) is 4.48. The molecule has 1 aliphatic rings. The summed E-state index contributed by atoms with van der Waals surface area (Å²) >= 11 is 0. The summed E-state index contributed by atoms with van der Waals surface area (Å²) in [7, 11) is -1.59. The van der Waals surface area contributed by atoms with Crippen LogP contribution in [0.5, 0.6) is 11.5 Å². The van der Waals surface area contributed by atoms with Crippen LogP contribution in [0.2, 0.25) is 0 Å². The molecular formula is C16H17F2N5O5S. The zero-order valence-electron chi connectivity index (χ0n) is 15.3. The van der Waals surface area contributed by atoms with E-state index in [1.807, 2.05) is 0 Å². The van der Waals surface area contributed by atoms with Gasteiger partial charge in [0.05, 0.1) is 13.7 Å². The molecule has 1 amide bonds. The SMILES string of the molecule is COc1cc(-c2nnn(CC3CCC(F)(F)CC3)n2)ccc1OC(=O)N=S(=O)=O. The summed E-state index contributed by atoms with van der Waals surface area (Å²) in [5, 5.41) is 12.2. The van der Waals surface area contributed by atoms with E-state index in [1.54, 1.807) is 0 Å². The zero-order chi connectivity index (χ0) is 21.0. The Hall–Kier alpha value is -2.96. The minimum absolute atomic E-state index is 0.0361. The van der Waals surface area contributed by atoms with E-state index in [9.17, 15) is 22.0 Å². The average Bonchev–Trinajstić information content (AvgIpc) is 3.11. The number of halogens is 2. The lowest BCUT2D eigenvalue weighted by Gasteiger charge is -2.27. The second-order valence-electron chi connectivity index (χ2n) is 6.51. The van der Waals surface area contributed by atoms with Crippen molar-refractivity contribution in [2.24, 2.45) is 10.3 Å². The number of tetrazole rings is 1. The maximum absolute atomic E-state index is 13.3. The number of nitrogens with zero attached hydrogens (tertiary/aromatic N) is 5. The first-order valence-electron chi connectivity index (χ1n) is 8.63. The second kappa shape index (κ2) is 8.59. The summed E-state index contributed by atoms with van der Waals surface area (Å²) in [5.74, 6) is -2.16. The largest absolute Gasteiger partial charge is 0.493 e. The molecule has 0 radical (unpaired) electrons. The first-order valence-corrected chi connectivity index (χ1v) is 9.66. The van der Waals surface area contributed by atoms with E-state index in [1.165, 1.54) is 30.1 Å². The van der Waals surface area contributed by atoms with Gasteiger partial charge in [-0.3, -0.25) is 0 Å². The van der Waals surface area contributed by atoms with Gasteiger partial charge in [-0.1, -0.05) is 4.36 Å². The number of carbonyl (C=O) groups is 1. The summed E-state index contributed by atoms with van der Waals surface area (Å²) in [6, 6.07) is 4.39. The summed E-state index contributed by atoms with van der Waals surface area (Å²) in [4.78, 5) is 12.7. The molecule has 0 N–H and O–H groups in total. The Labute approximate surface area is 165 Å². The van der Waals surface area contributed by atoms with Gasteiger partial charge in [0.2, 0.25) is 11.7 Å². The van der Waals surface area contributed by atoms with Crippen LogP contribution in [-0.4, -0.2) is 47.8 Å². The van der Waals surface area contributed by atoms with E-state index in [2.05, 4.69) is 19.8 Å². The number of alkyl halides is 2. The Morgan fingerprint density at radius 1 is 1.31 bits per heavy atom. The number of rotatable bonds is 5. The van der Waals surface area contributed by atoms with Gasteiger partial charge in [0.1, 0.15) is 0 Å².